The predicted octanol–water partition coefficient (Wildman–Crippen LogP) is 2.91. The number of nitrogens with one attached hydrogen (secondary N) is 1. The van der Waals surface area contributed by atoms with Crippen LogP contribution in [0, 0.1) is 13.8 Å². The number of carbonyl (C=O) groups excluding carboxylic acids is 1. The largest absolute Gasteiger partial charge is 0.329 e. The minimum absolute atomic E-state index is 0. The highest BCUT2D eigenvalue weighted by Crippen LogP contribution is 2.24. The summed E-state index contributed by atoms with van der Waals surface area (Å²) in [5.74, 6) is 0.0958. The third-order valence-electron chi connectivity index (χ3n) is 4.33. The topological polar surface area (TPSA) is 45.2 Å². The average molecular weight is 332 g/mol. The van der Waals surface area contributed by atoms with Crippen LogP contribution in [0.25, 0.3) is 0 Å². The molecule has 0 radical (unpaired) electrons. The molecule has 0 spiro atoms. The zero-order chi connectivity index (χ0) is 15.5. The minimum Gasteiger partial charge on any atom is -0.329 e. The van der Waals surface area contributed by atoms with Crippen LogP contribution in [0.4, 0.5) is 0 Å². The average Bonchev–Trinajstić information content (AvgIpc) is 2.57. The Morgan fingerprint density at radius 2 is 2.09 bits per heavy atom. The number of rotatable bonds is 2. The molecule has 1 aliphatic heterocycles. The predicted molar refractivity (Wildman–Crippen MR) is 94.0 cm³/mol. The summed E-state index contributed by atoms with van der Waals surface area (Å²) in [5, 5.41) is 3.37. The Morgan fingerprint density at radius 1 is 1.26 bits per heavy atom. The number of aromatic nitrogens is 1. The molecule has 1 aromatic carbocycles. The van der Waals surface area contributed by atoms with Crippen LogP contribution in [0.5, 0.6) is 0 Å². The number of hydrogen-bond acceptors (Lipinski definition) is 3. The van der Waals surface area contributed by atoms with Crippen LogP contribution in [0.1, 0.15) is 33.1 Å². The number of aryl methyl sites for hydroxylation is 2. The van der Waals surface area contributed by atoms with Crippen LogP contribution in [-0.2, 0) is 0 Å². The van der Waals surface area contributed by atoms with Crippen LogP contribution >= 0.6 is 12.4 Å². The maximum absolute atomic E-state index is 12.9. The number of nitrogens with zero attached hydrogens (tertiary/aromatic N) is 2. The summed E-state index contributed by atoms with van der Waals surface area (Å²) in [6.45, 7) is 6.41. The molecule has 0 saturated carbocycles. The fraction of sp³-hybridized carbons (Fsp3) is 0.333. The van der Waals surface area contributed by atoms with E-state index in [0.717, 1.165) is 29.8 Å². The number of carbonyl (C=O) groups is 1. The first kappa shape index (κ1) is 17.4. The highest BCUT2D eigenvalue weighted by Gasteiger charge is 2.28. The molecule has 2 heterocycles. The van der Waals surface area contributed by atoms with Gasteiger partial charge in [0.2, 0.25) is 0 Å². The number of hydrogen-bond donors (Lipinski definition) is 1. The highest BCUT2D eigenvalue weighted by atomic mass is 35.5. The quantitative estimate of drug-likeness (QED) is 0.920. The summed E-state index contributed by atoms with van der Waals surface area (Å²) in [4.78, 5) is 19.1. The Bertz CT molecular complexity index is 675. The second-order valence-corrected chi connectivity index (χ2v) is 5.80. The van der Waals surface area contributed by atoms with Crippen molar-refractivity contribution in [1.82, 2.24) is 15.2 Å². The molecule has 4 nitrogen and oxygen atoms in total. The van der Waals surface area contributed by atoms with Gasteiger partial charge < -0.3 is 10.2 Å². The molecule has 0 bridgehead atoms. The Labute approximate surface area is 143 Å². The number of pyridine rings is 1. The lowest BCUT2D eigenvalue weighted by Gasteiger charge is -2.36. The monoisotopic (exact) mass is 331 g/mol. The molecule has 1 aliphatic rings. The molecule has 1 N–H and O–H groups in total. The lowest BCUT2D eigenvalue weighted by Crippen LogP contribution is -2.48. The third-order valence-corrected chi connectivity index (χ3v) is 4.33. The van der Waals surface area contributed by atoms with Gasteiger partial charge in [0.05, 0.1) is 6.04 Å². The number of piperazine rings is 1. The molecule has 2 aromatic rings. The van der Waals surface area contributed by atoms with Gasteiger partial charge in [-0.25, -0.2) is 0 Å². The highest BCUT2D eigenvalue weighted by molar-refractivity contribution is 5.95. The van der Waals surface area contributed by atoms with E-state index < -0.39 is 0 Å². The first-order chi connectivity index (χ1) is 10.7. The fourth-order valence-electron chi connectivity index (χ4n) is 2.86. The smallest absolute Gasteiger partial charge is 0.254 e. The Morgan fingerprint density at radius 3 is 2.78 bits per heavy atom. The van der Waals surface area contributed by atoms with E-state index in [-0.39, 0.29) is 24.4 Å². The van der Waals surface area contributed by atoms with Gasteiger partial charge in [-0.05, 0) is 48.7 Å². The van der Waals surface area contributed by atoms with E-state index >= 15 is 0 Å². The summed E-state index contributed by atoms with van der Waals surface area (Å²) in [6, 6.07) is 9.92. The summed E-state index contributed by atoms with van der Waals surface area (Å²) in [6.07, 6.45) is 3.60. The molecule has 0 aliphatic carbocycles. The van der Waals surface area contributed by atoms with Gasteiger partial charge in [-0.2, -0.15) is 0 Å². The zero-order valence-electron chi connectivity index (χ0n) is 13.5. The van der Waals surface area contributed by atoms with Crippen molar-refractivity contribution in [2.45, 2.75) is 19.9 Å². The van der Waals surface area contributed by atoms with Crippen LogP contribution < -0.4 is 5.32 Å². The summed E-state index contributed by atoms with van der Waals surface area (Å²) >= 11 is 0. The molecule has 1 atom stereocenters. The van der Waals surface area contributed by atoms with Crippen molar-refractivity contribution in [3.63, 3.8) is 0 Å². The van der Waals surface area contributed by atoms with Gasteiger partial charge in [0.25, 0.3) is 5.91 Å². The van der Waals surface area contributed by atoms with Crippen LogP contribution in [0.15, 0.2) is 42.7 Å². The van der Waals surface area contributed by atoms with E-state index in [2.05, 4.69) is 17.2 Å². The normalized spacial score (nSPS) is 17.5. The van der Waals surface area contributed by atoms with Crippen molar-refractivity contribution >= 4 is 18.3 Å². The molecule has 3 rings (SSSR count). The maximum atomic E-state index is 12.9. The van der Waals surface area contributed by atoms with Crippen LogP contribution in [-0.4, -0.2) is 35.4 Å². The van der Waals surface area contributed by atoms with Gasteiger partial charge in [0.1, 0.15) is 0 Å². The molecule has 1 fully saturated rings. The van der Waals surface area contributed by atoms with Gasteiger partial charge in [0.15, 0.2) is 0 Å². The molecule has 1 aromatic heterocycles. The van der Waals surface area contributed by atoms with Crippen molar-refractivity contribution in [2.75, 3.05) is 19.6 Å². The molecule has 23 heavy (non-hydrogen) atoms. The van der Waals surface area contributed by atoms with E-state index in [4.69, 9.17) is 0 Å². The second-order valence-electron chi connectivity index (χ2n) is 5.80. The molecule has 5 heteroatoms. The number of amides is 1. The Hall–Kier alpha value is -1.91. The second kappa shape index (κ2) is 7.57. The molecule has 1 amide bonds. The van der Waals surface area contributed by atoms with Crippen molar-refractivity contribution in [3.8, 4) is 0 Å². The SMILES string of the molecule is Cc1ccc(C(=O)N2CCNCC2c2cccnc2)cc1C.Cl. The third kappa shape index (κ3) is 3.71. The number of benzene rings is 1. The van der Waals surface area contributed by atoms with Crippen molar-refractivity contribution in [3.05, 3.63) is 65.0 Å². The van der Waals surface area contributed by atoms with Gasteiger partial charge in [-0.1, -0.05) is 12.1 Å². The first-order valence-electron chi connectivity index (χ1n) is 7.65. The maximum Gasteiger partial charge on any atom is 0.254 e. The summed E-state index contributed by atoms with van der Waals surface area (Å²) < 4.78 is 0. The van der Waals surface area contributed by atoms with Crippen LogP contribution in [0.3, 0.4) is 0 Å². The Balaban J connectivity index is 0.00000192. The lowest BCUT2D eigenvalue weighted by molar-refractivity contribution is 0.0634. The van der Waals surface area contributed by atoms with E-state index in [0.29, 0.717) is 6.54 Å². The van der Waals surface area contributed by atoms with E-state index in [1.807, 2.05) is 48.4 Å². The molecular weight excluding hydrogens is 310 g/mol. The van der Waals surface area contributed by atoms with Gasteiger partial charge >= 0.3 is 0 Å². The van der Waals surface area contributed by atoms with Gasteiger partial charge in [-0.3, -0.25) is 9.78 Å². The van der Waals surface area contributed by atoms with Crippen molar-refractivity contribution < 1.29 is 4.79 Å². The van der Waals surface area contributed by atoms with E-state index in [1.54, 1.807) is 6.20 Å². The van der Waals surface area contributed by atoms with Crippen molar-refractivity contribution in [2.24, 2.45) is 0 Å². The van der Waals surface area contributed by atoms with Gasteiger partial charge in [0, 0.05) is 37.6 Å². The standard InChI is InChI=1S/C18H21N3O.ClH/c1-13-5-6-15(10-14(13)2)18(22)21-9-8-20-12-17(21)16-4-3-7-19-11-16;/h3-7,10-11,17,20H,8-9,12H2,1-2H3;1H. The lowest BCUT2D eigenvalue weighted by atomic mass is 10.0. The van der Waals surface area contributed by atoms with Crippen LogP contribution in [0.2, 0.25) is 0 Å². The first-order valence-corrected chi connectivity index (χ1v) is 7.65. The molecule has 122 valence electrons. The van der Waals surface area contributed by atoms with Crippen molar-refractivity contribution in [1.29, 1.82) is 0 Å². The van der Waals surface area contributed by atoms with E-state index in [9.17, 15) is 4.79 Å². The summed E-state index contributed by atoms with van der Waals surface area (Å²) in [7, 11) is 0. The molecule has 1 unspecified atom stereocenters. The number of halogens is 1. The molecular formula is C18H22ClN3O. The minimum atomic E-state index is 0. The van der Waals surface area contributed by atoms with E-state index in [1.165, 1.54) is 5.56 Å². The zero-order valence-corrected chi connectivity index (χ0v) is 14.3. The Kier molecular flexibility index (Phi) is 5.74. The molecule has 1 saturated heterocycles. The fourth-order valence-corrected chi connectivity index (χ4v) is 2.86. The summed E-state index contributed by atoms with van der Waals surface area (Å²) in [5.41, 5.74) is 4.20. The van der Waals surface area contributed by atoms with Gasteiger partial charge in [-0.15, -0.1) is 12.4 Å².